The Balaban J connectivity index is 1.92. The summed E-state index contributed by atoms with van der Waals surface area (Å²) in [5.74, 6) is 0. The monoisotopic (exact) mass is 257 g/mol. The standard InChI is InChI=1S/C16H23N3/c1-14(2)19-10-8-16(13-17,9-11-19)18-12-15-6-4-3-5-7-15/h3-7,14,18H,8-12H2,1-2H3. The van der Waals surface area contributed by atoms with Crippen LogP contribution in [0.2, 0.25) is 0 Å². The van der Waals surface area contributed by atoms with Crippen LogP contribution in [0, 0.1) is 11.3 Å². The summed E-state index contributed by atoms with van der Waals surface area (Å²) in [7, 11) is 0. The lowest BCUT2D eigenvalue weighted by atomic mass is 9.88. The number of rotatable bonds is 4. The van der Waals surface area contributed by atoms with Gasteiger partial charge in [0.1, 0.15) is 5.54 Å². The number of hydrogen-bond acceptors (Lipinski definition) is 3. The minimum atomic E-state index is -0.346. The van der Waals surface area contributed by atoms with Crippen LogP contribution in [0.15, 0.2) is 30.3 Å². The third kappa shape index (κ3) is 3.56. The smallest absolute Gasteiger partial charge is 0.109 e. The molecule has 1 heterocycles. The summed E-state index contributed by atoms with van der Waals surface area (Å²) in [6.07, 6.45) is 1.82. The molecule has 3 nitrogen and oxygen atoms in total. The van der Waals surface area contributed by atoms with Crippen molar-refractivity contribution < 1.29 is 0 Å². The molecule has 0 saturated carbocycles. The largest absolute Gasteiger partial charge is 0.301 e. The molecule has 1 aromatic rings. The molecule has 1 saturated heterocycles. The molecule has 0 bridgehead atoms. The van der Waals surface area contributed by atoms with E-state index in [0.29, 0.717) is 6.04 Å². The predicted molar refractivity (Wildman–Crippen MR) is 77.6 cm³/mol. The molecule has 0 radical (unpaired) electrons. The van der Waals surface area contributed by atoms with Gasteiger partial charge in [0, 0.05) is 25.7 Å². The van der Waals surface area contributed by atoms with Gasteiger partial charge in [-0.3, -0.25) is 5.32 Å². The first-order valence-electron chi connectivity index (χ1n) is 7.09. The molecule has 0 aliphatic carbocycles. The average Bonchev–Trinajstić information content (AvgIpc) is 2.46. The number of nitrogens with zero attached hydrogens (tertiary/aromatic N) is 2. The van der Waals surface area contributed by atoms with Crippen LogP contribution in [0.3, 0.4) is 0 Å². The fraction of sp³-hybridized carbons (Fsp3) is 0.562. The van der Waals surface area contributed by atoms with Crippen molar-refractivity contribution in [1.82, 2.24) is 10.2 Å². The quantitative estimate of drug-likeness (QED) is 0.901. The minimum absolute atomic E-state index is 0.346. The second-order valence-corrected chi connectivity index (χ2v) is 5.66. The van der Waals surface area contributed by atoms with Crippen molar-refractivity contribution in [2.75, 3.05) is 13.1 Å². The fourth-order valence-electron chi connectivity index (χ4n) is 2.62. The van der Waals surface area contributed by atoms with E-state index in [0.717, 1.165) is 32.5 Å². The normalized spacial score (nSPS) is 19.3. The van der Waals surface area contributed by atoms with E-state index >= 15 is 0 Å². The Morgan fingerprint density at radius 1 is 1.26 bits per heavy atom. The third-order valence-corrected chi connectivity index (χ3v) is 4.07. The van der Waals surface area contributed by atoms with E-state index < -0.39 is 0 Å². The molecule has 102 valence electrons. The molecular weight excluding hydrogens is 234 g/mol. The number of piperidine rings is 1. The second kappa shape index (κ2) is 6.18. The van der Waals surface area contributed by atoms with Crippen molar-refractivity contribution in [2.45, 2.75) is 44.8 Å². The molecule has 1 aliphatic rings. The van der Waals surface area contributed by atoms with Gasteiger partial charge in [0.05, 0.1) is 6.07 Å². The highest BCUT2D eigenvalue weighted by atomic mass is 15.2. The Kier molecular flexibility index (Phi) is 4.57. The molecule has 2 rings (SSSR count). The first kappa shape index (κ1) is 14.0. The SMILES string of the molecule is CC(C)N1CCC(C#N)(NCc2ccccc2)CC1. The molecule has 0 amide bonds. The number of nitriles is 1. The zero-order valence-corrected chi connectivity index (χ0v) is 11.9. The maximum absolute atomic E-state index is 9.51. The van der Waals surface area contributed by atoms with Crippen molar-refractivity contribution in [3.05, 3.63) is 35.9 Å². The van der Waals surface area contributed by atoms with Crippen molar-refractivity contribution >= 4 is 0 Å². The van der Waals surface area contributed by atoms with E-state index in [1.807, 2.05) is 18.2 Å². The van der Waals surface area contributed by atoms with Crippen LogP contribution in [0.5, 0.6) is 0 Å². The predicted octanol–water partition coefficient (Wildman–Crippen LogP) is 2.54. The molecule has 1 aromatic carbocycles. The molecule has 3 heteroatoms. The summed E-state index contributed by atoms with van der Waals surface area (Å²) in [4.78, 5) is 2.44. The van der Waals surface area contributed by atoms with Gasteiger partial charge < -0.3 is 4.90 Å². The molecule has 1 fully saturated rings. The minimum Gasteiger partial charge on any atom is -0.301 e. The number of hydrogen-bond donors (Lipinski definition) is 1. The maximum atomic E-state index is 9.51. The van der Waals surface area contributed by atoms with Crippen LogP contribution in [0.4, 0.5) is 0 Å². The third-order valence-electron chi connectivity index (χ3n) is 4.07. The molecule has 0 unspecified atom stereocenters. The maximum Gasteiger partial charge on any atom is 0.109 e. The van der Waals surface area contributed by atoms with Crippen LogP contribution in [-0.4, -0.2) is 29.6 Å². The van der Waals surface area contributed by atoms with Crippen LogP contribution >= 0.6 is 0 Å². The van der Waals surface area contributed by atoms with Gasteiger partial charge in [0.25, 0.3) is 0 Å². The summed E-state index contributed by atoms with van der Waals surface area (Å²) in [6, 6.07) is 13.4. The van der Waals surface area contributed by atoms with Crippen LogP contribution in [0.1, 0.15) is 32.3 Å². The molecule has 1 N–H and O–H groups in total. The lowest BCUT2D eigenvalue weighted by Crippen LogP contribution is -2.53. The summed E-state index contributed by atoms with van der Waals surface area (Å²) in [5.41, 5.74) is 0.893. The highest BCUT2D eigenvalue weighted by Crippen LogP contribution is 2.23. The van der Waals surface area contributed by atoms with Gasteiger partial charge in [-0.1, -0.05) is 30.3 Å². The highest BCUT2D eigenvalue weighted by molar-refractivity contribution is 5.17. The van der Waals surface area contributed by atoms with Gasteiger partial charge in [0.2, 0.25) is 0 Å². The molecule has 0 aromatic heterocycles. The first-order chi connectivity index (χ1) is 9.15. The van der Waals surface area contributed by atoms with E-state index in [1.165, 1.54) is 5.56 Å². The van der Waals surface area contributed by atoms with E-state index in [2.05, 4.69) is 42.3 Å². The van der Waals surface area contributed by atoms with Crippen molar-refractivity contribution in [2.24, 2.45) is 0 Å². The van der Waals surface area contributed by atoms with Gasteiger partial charge in [-0.15, -0.1) is 0 Å². The van der Waals surface area contributed by atoms with Gasteiger partial charge in [-0.25, -0.2) is 0 Å². The van der Waals surface area contributed by atoms with E-state index in [-0.39, 0.29) is 5.54 Å². The summed E-state index contributed by atoms with van der Waals surface area (Å²) >= 11 is 0. The molecule has 1 aliphatic heterocycles. The number of likely N-dealkylation sites (tertiary alicyclic amines) is 1. The van der Waals surface area contributed by atoms with Crippen molar-refractivity contribution in [3.63, 3.8) is 0 Å². The Bertz CT molecular complexity index is 425. The van der Waals surface area contributed by atoms with E-state index in [9.17, 15) is 5.26 Å². The Morgan fingerprint density at radius 2 is 1.89 bits per heavy atom. The van der Waals surface area contributed by atoms with E-state index in [1.54, 1.807) is 0 Å². The summed E-state index contributed by atoms with van der Waals surface area (Å²) in [6.45, 7) is 7.23. The molecule has 0 atom stereocenters. The van der Waals surface area contributed by atoms with Gasteiger partial charge in [-0.05, 0) is 32.3 Å². The number of nitrogens with one attached hydrogen (secondary N) is 1. The van der Waals surface area contributed by atoms with Crippen molar-refractivity contribution in [1.29, 1.82) is 5.26 Å². The molecule has 19 heavy (non-hydrogen) atoms. The highest BCUT2D eigenvalue weighted by Gasteiger charge is 2.34. The zero-order chi connectivity index (χ0) is 13.7. The second-order valence-electron chi connectivity index (χ2n) is 5.66. The van der Waals surface area contributed by atoms with Gasteiger partial charge in [0.15, 0.2) is 0 Å². The summed E-state index contributed by atoms with van der Waals surface area (Å²) < 4.78 is 0. The van der Waals surface area contributed by atoms with E-state index in [4.69, 9.17) is 0 Å². The van der Waals surface area contributed by atoms with Gasteiger partial charge >= 0.3 is 0 Å². The Labute approximate surface area is 116 Å². The lowest BCUT2D eigenvalue weighted by molar-refractivity contribution is 0.135. The first-order valence-corrected chi connectivity index (χ1v) is 7.09. The zero-order valence-electron chi connectivity index (χ0n) is 11.9. The summed E-state index contributed by atoms with van der Waals surface area (Å²) in [5, 5.41) is 13.0. The topological polar surface area (TPSA) is 39.1 Å². The van der Waals surface area contributed by atoms with Crippen LogP contribution < -0.4 is 5.32 Å². The Hall–Kier alpha value is -1.37. The van der Waals surface area contributed by atoms with Crippen molar-refractivity contribution in [3.8, 4) is 6.07 Å². The van der Waals surface area contributed by atoms with Crippen LogP contribution in [-0.2, 0) is 6.54 Å². The molecular formula is C16H23N3. The molecule has 0 spiro atoms. The number of benzene rings is 1. The lowest BCUT2D eigenvalue weighted by Gasteiger charge is -2.39. The van der Waals surface area contributed by atoms with Crippen LogP contribution in [0.25, 0.3) is 0 Å². The Morgan fingerprint density at radius 3 is 2.42 bits per heavy atom. The van der Waals surface area contributed by atoms with Gasteiger partial charge in [-0.2, -0.15) is 5.26 Å². The average molecular weight is 257 g/mol. The fourth-order valence-corrected chi connectivity index (χ4v) is 2.62.